The second-order valence-electron chi connectivity index (χ2n) is 3.64. The zero-order valence-electron chi connectivity index (χ0n) is 9.14. The Labute approximate surface area is 98.4 Å². The van der Waals surface area contributed by atoms with Crippen molar-refractivity contribution in [1.29, 1.82) is 0 Å². The van der Waals surface area contributed by atoms with Crippen LogP contribution in [0.1, 0.15) is 12.5 Å². The fraction of sp³-hybridized carbons (Fsp3) is 0.250. The Morgan fingerprint density at radius 2 is 2.12 bits per heavy atom. The van der Waals surface area contributed by atoms with Gasteiger partial charge >= 0.3 is 0 Å². The van der Waals surface area contributed by atoms with Gasteiger partial charge in [-0.1, -0.05) is 11.6 Å². The summed E-state index contributed by atoms with van der Waals surface area (Å²) in [5.41, 5.74) is 1.64. The van der Waals surface area contributed by atoms with Crippen LogP contribution in [-0.2, 0) is 0 Å². The van der Waals surface area contributed by atoms with E-state index in [-0.39, 0.29) is 5.02 Å². The van der Waals surface area contributed by atoms with E-state index in [2.05, 4.69) is 10.3 Å². The molecule has 4 heteroatoms. The third kappa shape index (κ3) is 1.95. The predicted octanol–water partition coefficient (Wildman–Crippen LogP) is 3.77. The minimum atomic E-state index is -0.437. The van der Waals surface area contributed by atoms with Crippen LogP contribution >= 0.6 is 11.6 Å². The number of fused-ring (bicyclic) bond motifs is 1. The van der Waals surface area contributed by atoms with Crippen LogP contribution in [0.15, 0.2) is 18.2 Å². The number of pyridine rings is 1. The van der Waals surface area contributed by atoms with Gasteiger partial charge in [0.1, 0.15) is 11.6 Å². The number of benzene rings is 1. The SMILES string of the molecule is CCNc1nc2cc(F)c(Cl)cc2cc1C. The summed E-state index contributed by atoms with van der Waals surface area (Å²) < 4.78 is 13.3. The van der Waals surface area contributed by atoms with Gasteiger partial charge in [-0.3, -0.25) is 0 Å². The van der Waals surface area contributed by atoms with Crippen LogP contribution < -0.4 is 5.32 Å². The molecule has 0 atom stereocenters. The summed E-state index contributed by atoms with van der Waals surface area (Å²) in [6.07, 6.45) is 0. The number of nitrogens with one attached hydrogen (secondary N) is 1. The van der Waals surface area contributed by atoms with Crippen LogP contribution in [0.2, 0.25) is 5.02 Å². The van der Waals surface area contributed by atoms with Crippen LogP contribution in [-0.4, -0.2) is 11.5 Å². The molecular formula is C12H12ClFN2. The monoisotopic (exact) mass is 238 g/mol. The number of nitrogens with zero attached hydrogens (tertiary/aromatic N) is 1. The molecule has 84 valence electrons. The lowest BCUT2D eigenvalue weighted by molar-refractivity contribution is 0.630. The predicted molar refractivity (Wildman–Crippen MR) is 65.6 cm³/mol. The van der Waals surface area contributed by atoms with Gasteiger partial charge in [0.25, 0.3) is 0 Å². The molecule has 16 heavy (non-hydrogen) atoms. The third-order valence-electron chi connectivity index (χ3n) is 2.39. The van der Waals surface area contributed by atoms with Gasteiger partial charge in [0.05, 0.1) is 10.5 Å². The number of hydrogen-bond donors (Lipinski definition) is 1. The number of halogens is 2. The second-order valence-corrected chi connectivity index (χ2v) is 4.05. The highest BCUT2D eigenvalue weighted by Crippen LogP contribution is 2.25. The van der Waals surface area contributed by atoms with Gasteiger partial charge in [-0.25, -0.2) is 9.37 Å². The minimum absolute atomic E-state index is 0.130. The lowest BCUT2D eigenvalue weighted by Crippen LogP contribution is -2.01. The zero-order valence-corrected chi connectivity index (χ0v) is 9.90. The van der Waals surface area contributed by atoms with Gasteiger partial charge in [0.2, 0.25) is 0 Å². The van der Waals surface area contributed by atoms with Crippen molar-refractivity contribution in [3.05, 3.63) is 34.6 Å². The van der Waals surface area contributed by atoms with Crippen molar-refractivity contribution in [2.24, 2.45) is 0 Å². The Morgan fingerprint density at radius 3 is 2.81 bits per heavy atom. The highest BCUT2D eigenvalue weighted by atomic mass is 35.5. The van der Waals surface area contributed by atoms with Crippen LogP contribution in [0.4, 0.5) is 10.2 Å². The molecule has 0 aliphatic rings. The number of rotatable bonds is 2. The van der Waals surface area contributed by atoms with Gasteiger partial charge in [-0.15, -0.1) is 0 Å². The maximum atomic E-state index is 13.3. The van der Waals surface area contributed by atoms with E-state index in [9.17, 15) is 4.39 Å². The first-order valence-corrected chi connectivity index (χ1v) is 5.50. The summed E-state index contributed by atoms with van der Waals surface area (Å²) in [7, 11) is 0. The molecule has 2 rings (SSSR count). The molecule has 0 unspecified atom stereocenters. The molecule has 2 aromatic rings. The Bertz CT molecular complexity index is 540. The summed E-state index contributed by atoms with van der Waals surface area (Å²) in [4.78, 5) is 4.36. The summed E-state index contributed by atoms with van der Waals surface area (Å²) in [6, 6.07) is 4.91. The molecule has 0 aliphatic carbocycles. The molecule has 0 aliphatic heterocycles. The molecule has 0 bridgehead atoms. The fourth-order valence-electron chi connectivity index (χ4n) is 1.62. The van der Waals surface area contributed by atoms with Crippen molar-refractivity contribution in [3.63, 3.8) is 0 Å². The first-order valence-electron chi connectivity index (χ1n) is 5.12. The number of aromatic nitrogens is 1. The van der Waals surface area contributed by atoms with E-state index in [0.29, 0.717) is 5.52 Å². The van der Waals surface area contributed by atoms with Crippen molar-refractivity contribution < 1.29 is 4.39 Å². The highest BCUT2D eigenvalue weighted by molar-refractivity contribution is 6.31. The van der Waals surface area contributed by atoms with Gasteiger partial charge in [0, 0.05) is 18.0 Å². The number of hydrogen-bond acceptors (Lipinski definition) is 2. The summed E-state index contributed by atoms with van der Waals surface area (Å²) in [6.45, 7) is 4.74. The summed E-state index contributed by atoms with van der Waals surface area (Å²) >= 11 is 5.72. The standard InChI is InChI=1S/C12H12ClFN2/c1-3-15-12-7(2)4-8-5-9(13)10(14)6-11(8)16-12/h4-6H,3H2,1-2H3,(H,15,16). The zero-order chi connectivity index (χ0) is 11.7. The highest BCUT2D eigenvalue weighted by Gasteiger charge is 2.06. The normalized spacial score (nSPS) is 10.8. The third-order valence-corrected chi connectivity index (χ3v) is 2.68. The summed E-state index contributed by atoms with van der Waals surface area (Å²) in [5, 5.41) is 4.12. The molecule has 0 radical (unpaired) electrons. The van der Waals surface area contributed by atoms with E-state index in [1.807, 2.05) is 19.9 Å². The van der Waals surface area contributed by atoms with Gasteiger partial charge in [-0.2, -0.15) is 0 Å². The second kappa shape index (κ2) is 4.26. The smallest absolute Gasteiger partial charge is 0.143 e. The average Bonchev–Trinajstić information content (AvgIpc) is 2.23. The molecule has 0 fully saturated rings. The first kappa shape index (κ1) is 11.1. The van der Waals surface area contributed by atoms with Crippen LogP contribution in [0.5, 0.6) is 0 Å². The van der Waals surface area contributed by atoms with E-state index >= 15 is 0 Å². The summed E-state index contributed by atoms with van der Waals surface area (Å²) in [5.74, 6) is 0.352. The van der Waals surface area contributed by atoms with E-state index in [1.165, 1.54) is 6.07 Å². The molecule has 0 saturated heterocycles. The minimum Gasteiger partial charge on any atom is -0.370 e. The fourth-order valence-corrected chi connectivity index (χ4v) is 1.79. The largest absolute Gasteiger partial charge is 0.370 e. The lowest BCUT2D eigenvalue weighted by atomic mass is 10.1. The van der Waals surface area contributed by atoms with Crippen molar-refractivity contribution in [2.45, 2.75) is 13.8 Å². The quantitative estimate of drug-likeness (QED) is 0.862. The van der Waals surface area contributed by atoms with Crippen LogP contribution in [0.25, 0.3) is 10.9 Å². The maximum Gasteiger partial charge on any atom is 0.143 e. The Hall–Kier alpha value is -1.35. The van der Waals surface area contributed by atoms with Crippen molar-refractivity contribution >= 4 is 28.3 Å². The van der Waals surface area contributed by atoms with Crippen molar-refractivity contribution in [2.75, 3.05) is 11.9 Å². The lowest BCUT2D eigenvalue weighted by Gasteiger charge is -2.08. The van der Waals surface area contributed by atoms with Crippen LogP contribution in [0, 0.1) is 12.7 Å². The first-order chi connectivity index (χ1) is 7.61. The molecule has 1 heterocycles. The average molecular weight is 239 g/mol. The molecule has 1 aromatic heterocycles. The molecule has 2 nitrogen and oxygen atoms in total. The molecule has 0 saturated carbocycles. The van der Waals surface area contributed by atoms with Gasteiger partial charge in [0.15, 0.2) is 0 Å². The maximum absolute atomic E-state index is 13.3. The van der Waals surface area contributed by atoms with E-state index in [0.717, 1.165) is 23.3 Å². The van der Waals surface area contributed by atoms with Gasteiger partial charge < -0.3 is 5.32 Å². The van der Waals surface area contributed by atoms with Gasteiger partial charge in [-0.05, 0) is 31.5 Å². The van der Waals surface area contributed by atoms with E-state index in [4.69, 9.17) is 11.6 Å². The molecule has 0 spiro atoms. The molecule has 0 amide bonds. The number of aryl methyl sites for hydroxylation is 1. The van der Waals surface area contributed by atoms with E-state index < -0.39 is 5.82 Å². The Kier molecular flexibility index (Phi) is 2.97. The van der Waals surface area contributed by atoms with Crippen molar-refractivity contribution in [1.82, 2.24) is 4.98 Å². The van der Waals surface area contributed by atoms with E-state index in [1.54, 1.807) is 6.07 Å². The number of anilines is 1. The van der Waals surface area contributed by atoms with Crippen molar-refractivity contribution in [3.8, 4) is 0 Å². The Balaban J connectivity index is 2.65. The van der Waals surface area contributed by atoms with Crippen LogP contribution in [0.3, 0.4) is 0 Å². The molecular weight excluding hydrogens is 227 g/mol. The topological polar surface area (TPSA) is 24.9 Å². The molecule has 1 N–H and O–H groups in total. The Morgan fingerprint density at radius 1 is 1.38 bits per heavy atom. The molecule has 1 aromatic carbocycles.